The maximum absolute atomic E-state index is 14.8. The number of likely N-dealkylation sites (N-methyl/N-ethyl adjacent to an activating group) is 1. The van der Waals surface area contributed by atoms with Gasteiger partial charge >= 0.3 is 5.97 Å². The van der Waals surface area contributed by atoms with Gasteiger partial charge in [0.2, 0.25) is 17.7 Å². The Hall–Kier alpha value is -5.84. The fourth-order valence-corrected chi connectivity index (χ4v) is 10.6. The molecule has 8 rings (SSSR count). The summed E-state index contributed by atoms with van der Waals surface area (Å²) in [5, 5.41) is 19.8. The molecule has 16 nitrogen and oxygen atoms in total. The van der Waals surface area contributed by atoms with Gasteiger partial charge in [0.1, 0.15) is 23.9 Å². The average molecular weight is 933 g/mol. The molecule has 6 heterocycles. The van der Waals surface area contributed by atoms with Gasteiger partial charge < -0.3 is 39.6 Å². The molecule has 364 valence electrons. The van der Waals surface area contributed by atoms with E-state index in [0.29, 0.717) is 37.9 Å². The standard InChI is InChI=1S/C52H68N8O8/c1-10-59-42-16-15-32-23-36(42)37(46(59)35-13-11-17-53-44(35)29(2)3)24-52(6,7)28-68-51(66)39-14-12-18-60(56-39)50(65)40(21-31-19-33(32)22-34(61)20-31)55-47(62)45(30(4)5)57(8)48(63)38-26-58(27-43(38)67-9)49(64)41-25-54-41/h11,13,15-17,19-20,22-23,29-30,38-41,43,45,54,56,61H,10,12,14,18,21,24-28H2,1-9H3,(H,55,62)/t38-,39+,40+,41-,43+,45+/m1/s1. The second kappa shape index (κ2) is 19.6. The maximum atomic E-state index is 14.8. The first-order chi connectivity index (χ1) is 32.4. The fraction of sp³-hybridized carbons (Fsp3) is 0.538. The molecule has 4 aromatic rings. The third kappa shape index (κ3) is 9.86. The number of fused-ring (bicyclic) bond motifs is 6. The Balaban J connectivity index is 1.18. The van der Waals surface area contributed by atoms with E-state index in [0.717, 1.165) is 44.5 Å². The lowest BCUT2D eigenvalue weighted by Crippen LogP contribution is -2.62. The number of aromatic hydroxyl groups is 1. The first kappa shape index (κ1) is 48.6. The Bertz CT molecular complexity index is 2580. The molecule has 0 spiro atoms. The van der Waals surface area contributed by atoms with Crippen LogP contribution in [0.1, 0.15) is 84.0 Å². The molecule has 2 aromatic heterocycles. The van der Waals surface area contributed by atoms with Gasteiger partial charge in [-0.15, -0.1) is 0 Å². The van der Waals surface area contributed by atoms with E-state index in [1.54, 1.807) is 24.1 Å². The summed E-state index contributed by atoms with van der Waals surface area (Å²) in [4.78, 5) is 78.6. The number of hydrogen-bond acceptors (Lipinski definition) is 11. The predicted octanol–water partition coefficient (Wildman–Crippen LogP) is 4.80. The molecule has 4 aliphatic rings. The molecule has 16 heteroatoms. The molecule has 0 saturated carbocycles. The molecular formula is C52H68N8O8. The van der Waals surface area contributed by atoms with E-state index in [4.69, 9.17) is 14.5 Å². The number of esters is 1. The average Bonchev–Trinajstić information content (AvgIpc) is 4.01. The van der Waals surface area contributed by atoms with Gasteiger partial charge in [-0.25, -0.2) is 5.43 Å². The third-order valence-electron chi connectivity index (χ3n) is 14.1. The lowest BCUT2D eigenvalue weighted by Gasteiger charge is -2.37. The van der Waals surface area contributed by atoms with Crippen LogP contribution in [0.3, 0.4) is 0 Å². The number of amides is 4. The van der Waals surface area contributed by atoms with Crippen molar-refractivity contribution in [1.82, 2.24) is 40.4 Å². The molecule has 6 atom stereocenters. The molecule has 0 radical (unpaired) electrons. The van der Waals surface area contributed by atoms with Crippen molar-refractivity contribution in [3.8, 4) is 28.1 Å². The number of methoxy groups -OCH3 is 1. The number of carbonyl (C=O) groups excluding carboxylic acids is 5. The third-order valence-corrected chi connectivity index (χ3v) is 14.1. The van der Waals surface area contributed by atoms with Crippen molar-refractivity contribution in [3.05, 3.63) is 71.5 Å². The van der Waals surface area contributed by atoms with Crippen LogP contribution < -0.4 is 16.1 Å². The van der Waals surface area contributed by atoms with Crippen LogP contribution >= 0.6 is 0 Å². The van der Waals surface area contributed by atoms with Crippen molar-refractivity contribution in [2.45, 2.75) is 117 Å². The number of hydrogen-bond donors (Lipinski definition) is 4. The highest BCUT2D eigenvalue weighted by atomic mass is 16.5. The number of hydrazine groups is 1. The maximum Gasteiger partial charge on any atom is 0.324 e. The first-order valence-electron chi connectivity index (χ1n) is 24.2. The van der Waals surface area contributed by atoms with E-state index in [2.05, 4.69) is 73.4 Å². The number of nitrogens with zero attached hydrogens (tertiary/aromatic N) is 5. The zero-order valence-electron chi connectivity index (χ0n) is 40.9. The largest absolute Gasteiger partial charge is 0.508 e. The molecule has 6 bridgehead atoms. The number of aromatic nitrogens is 2. The fourth-order valence-electron chi connectivity index (χ4n) is 10.6. The SMILES string of the molecule is CCn1c(-c2cccnc2C(C)C)c2c3cc(ccc31)-c1cc(O)cc(c1)C[C@H](NC(=O)[C@H](C(C)C)N(C)C(=O)[C@@H]1CN(C(=O)[C@H]3CN3)C[C@@H]1OC)C(=O)N1CCC[C@H](N1)C(=O)OCC(C)(C)C2. The summed E-state index contributed by atoms with van der Waals surface area (Å²) in [6.07, 6.45) is 2.79. The van der Waals surface area contributed by atoms with E-state index in [1.807, 2.05) is 38.2 Å². The van der Waals surface area contributed by atoms with Crippen LogP contribution in [0.4, 0.5) is 0 Å². The molecule has 4 aliphatic heterocycles. The number of aryl methyl sites for hydroxylation is 1. The molecule has 3 fully saturated rings. The Morgan fingerprint density at radius 1 is 1.06 bits per heavy atom. The van der Waals surface area contributed by atoms with E-state index < -0.39 is 53.3 Å². The summed E-state index contributed by atoms with van der Waals surface area (Å²) in [5.41, 5.74) is 10.0. The molecule has 4 amide bonds. The summed E-state index contributed by atoms with van der Waals surface area (Å²) in [7, 11) is 3.09. The summed E-state index contributed by atoms with van der Waals surface area (Å²) < 4.78 is 14.2. The van der Waals surface area contributed by atoms with Crippen molar-refractivity contribution in [1.29, 1.82) is 0 Å². The van der Waals surface area contributed by atoms with Crippen molar-refractivity contribution < 1.29 is 38.6 Å². The number of carbonyl (C=O) groups is 5. The Labute approximate surface area is 399 Å². The lowest BCUT2D eigenvalue weighted by atomic mass is 9.83. The van der Waals surface area contributed by atoms with Crippen LogP contribution in [0.5, 0.6) is 5.75 Å². The van der Waals surface area contributed by atoms with E-state index >= 15 is 0 Å². The summed E-state index contributed by atoms with van der Waals surface area (Å²) >= 11 is 0. The van der Waals surface area contributed by atoms with Crippen LogP contribution in [0.2, 0.25) is 0 Å². The van der Waals surface area contributed by atoms with Crippen LogP contribution in [-0.4, -0.2) is 136 Å². The second-order valence-corrected chi connectivity index (χ2v) is 20.5. The highest BCUT2D eigenvalue weighted by Gasteiger charge is 2.46. The predicted molar refractivity (Wildman–Crippen MR) is 258 cm³/mol. The Morgan fingerprint density at radius 2 is 1.82 bits per heavy atom. The summed E-state index contributed by atoms with van der Waals surface area (Å²) in [5.74, 6) is -2.84. The number of benzene rings is 2. The number of rotatable bonds is 10. The Kier molecular flexibility index (Phi) is 14.0. The number of nitrogens with one attached hydrogen (secondary N) is 3. The molecule has 0 aliphatic carbocycles. The highest BCUT2D eigenvalue weighted by molar-refractivity contribution is 5.96. The number of likely N-dealkylation sites (tertiary alicyclic amines) is 1. The topological polar surface area (TPSA) is 198 Å². The number of ether oxygens (including phenoxy) is 2. The first-order valence-corrected chi connectivity index (χ1v) is 24.2. The highest BCUT2D eigenvalue weighted by Crippen LogP contribution is 2.42. The number of phenols is 1. The molecule has 68 heavy (non-hydrogen) atoms. The summed E-state index contributed by atoms with van der Waals surface area (Å²) in [6.45, 7) is 16.4. The molecule has 3 saturated heterocycles. The van der Waals surface area contributed by atoms with Gasteiger partial charge in [0, 0.05) is 81.4 Å². The zero-order valence-corrected chi connectivity index (χ0v) is 40.9. The van der Waals surface area contributed by atoms with Crippen LogP contribution in [0.15, 0.2) is 54.7 Å². The minimum atomic E-state index is -1.18. The summed E-state index contributed by atoms with van der Waals surface area (Å²) in [6, 6.07) is 12.4. The molecule has 0 unspecified atom stereocenters. The normalized spacial score (nSPS) is 23.4. The monoisotopic (exact) mass is 933 g/mol. The molecular weight excluding hydrogens is 865 g/mol. The van der Waals surface area contributed by atoms with Crippen LogP contribution in [-0.2, 0) is 52.8 Å². The molecule has 2 aromatic carbocycles. The van der Waals surface area contributed by atoms with Crippen LogP contribution in [0.25, 0.3) is 33.3 Å². The van der Waals surface area contributed by atoms with Crippen molar-refractivity contribution >= 4 is 40.5 Å². The minimum Gasteiger partial charge on any atom is -0.508 e. The van der Waals surface area contributed by atoms with Gasteiger partial charge in [-0.05, 0) is 96.7 Å². The van der Waals surface area contributed by atoms with Crippen molar-refractivity contribution in [2.75, 3.05) is 46.9 Å². The van der Waals surface area contributed by atoms with Gasteiger partial charge in [-0.1, -0.05) is 53.7 Å². The van der Waals surface area contributed by atoms with Gasteiger partial charge in [0.25, 0.3) is 5.91 Å². The van der Waals surface area contributed by atoms with Crippen molar-refractivity contribution in [3.63, 3.8) is 0 Å². The number of cyclic esters (lactones) is 1. The van der Waals surface area contributed by atoms with Crippen LogP contribution in [0, 0.1) is 17.3 Å². The van der Waals surface area contributed by atoms with Gasteiger partial charge in [0.05, 0.1) is 36.1 Å². The number of pyridine rings is 1. The Morgan fingerprint density at radius 3 is 2.51 bits per heavy atom. The zero-order chi connectivity index (χ0) is 48.8. The number of phenolic OH excluding ortho intramolecular Hbond substituents is 1. The van der Waals surface area contributed by atoms with Gasteiger partial charge in [-0.2, -0.15) is 0 Å². The van der Waals surface area contributed by atoms with Gasteiger partial charge in [0.15, 0.2) is 0 Å². The van der Waals surface area contributed by atoms with Crippen molar-refractivity contribution in [2.24, 2.45) is 17.3 Å². The van der Waals surface area contributed by atoms with Gasteiger partial charge in [-0.3, -0.25) is 34.0 Å². The smallest absolute Gasteiger partial charge is 0.324 e. The second-order valence-electron chi connectivity index (χ2n) is 20.5. The lowest BCUT2D eigenvalue weighted by molar-refractivity contribution is -0.155. The van der Waals surface area contributed by atoms with E-state index in [-0.39, 0.29) is 68.1 Å². The molecule has 4 N–H and O–H groups in total. The van der Waals surface area contributed by atoms with E-state index in [9.17, 15) is 29.1 Å². The van der Waals surface area contributed by atoms with E-state index in [1.165, 1.54) is 17.0 Å². The minimum absolute atomic E-state index is 0.00631. The quantitative estimate of drug-likeness (QED) is 0.126.